The van der Waals surface area contributed by atoms with Crippen LogP contribution >= 0.6 is 15.9 Å². The molecule has 72 valence electrons. The minimum atomic E-state index is 0.911. The van der Waals surface area contributed by atoms with Gasteiger partial charge in [-0.05, 0) is 40.0 Å². The van der Waals surface area contributed by atoms with Gasteiger partial charge in [0.1, 0.15) is 4.60 Å². The monoisotopic (exact) mass is 250 g/mol. The van der Waals surface area contributed by atoms with Crippen molar-refractivity contribution < 1.29 is 0 Å². The van der Waals surface area contributed by atoms with Gasteiger partial charge in [-0.15, -0.1) is 0 Å². The molecule has 1 heterocycles. The third kappa shape index (κ3) is 1.87. The zero-order valence-corrected chi connectivity index (χ0v) is 9.51. The van der Waals surface area contributed by atoms with Crippen LogP contribution in [-0.4, -0.2) is 10.2 Å². The van der Waals surface area contributed by atoms with Gasteiger partial charge in [0, 0.05) is 5.56 Å². The first kappa shape index (κ1) is 9.46. The molecule has 0 radical (unpaired) electrons. The second-order valence-electron chi connectivity index (χ2n) is 3.16. The highest BCUT2D eigenvalue weighted by atomic mass is 79.9. The second kappa shape index (κ2) is 3.96. The van der Waals surface area contributed by atoms with Crippen molar-refractivity contribution in [3.8, 4) is 11.3 Å². The van der Waals surface area contributed by atoms with Gasteiger partial charge in [0.25, 0.3) is 0 Å². The smallest absolute Gasteiger partial charge is 0.101 e. The predicted octanol–water partition coefficient (Wildman–Crippen LogP) is 3.40. The van der Waals surface area contributed by atoms with Crippen LogP contribution in [0.5, 0.6) is 0 Å². The molecule has 1 aromatic heterocycles. The highest BCUT2D eigenvalue weighted by Gasteiger charge is 2.02. The standard InChI is InChI=1S/C11H11BrN2/c1-2-8-4-3-5-9(6-8)10-7-11(12)14-13-10/h3-7H,2H2,1H3,(H,13,14). The molecule has 14 heavy (non-hydrogen) atoms. The van der Waals surface area contributed by atoms with Crippen LogP contribution in [0.15, 0.2) is 34.9 Å². The van der Waals surface area contributed by atoms with Crippen molar-refractivity contribution in [1.29, 1.82) is 0 Å². The van der Waals surface area contributed by atoms with Gasteiger partial charge in [-0.3, -0.25) is 5.10 Å². The molecular formula is C11H11BrN2. The third-order valence-electron chi connectivity index (χ3n) is 2.18. The molecule has 1 aromatic carbocycles. The molecule has 2 rings (SSSR count). The molecule has 0 aliphatic carbocycles. The summed E-state index contributed by atoms with van der Waals surface area (Å²) in [5, 5.41) is 7.06. The number of nitrogens with zero attached hydrogens (tertiary/aromatic N) is 1. The lowest BCUT2D eigenvalue weighted by Gasteiger charge is -1.99. The molecule has 0 aliphatic rings. The van der Waals surface area contributed by atoms with Crippen molar-refractivity contribution in [3.05, 3.63) is 40.5 Å². The maximum Gasteiger partial charge on any atom is 0.101 e. The van der Waals surface area contributed by atoms with Gasteiger partial charge in [0.15, 0.2) is 0 Å². The molecule has 0 atom stereocenters. The number of nitrogens with one attached hydrogen (secondary N) is 1. The molecular weight excluding hydrogens is 240 g/mol. The summed E-state index contributed by atoms with van der Waals surface area (Å²) in [6, 6.07) is 10.4. The molecule has 0 saturated heterocycles. The normalized spacial score (nSPS) is 10.4. The molecule has 0 unspecified atom stereocenters. The summed E-state index contributed by atoms with van der Waals surface area (Å²) in [5.41, 5.74) is 3.47. The zero-order valence-electron chi connectivity index (χ0n) is 7.92. The summed E-state index contributed by atoms with van der Waals surface area (Å²) < 4.78 is 0.911. The van der Waals surface area contributed by atoms with Gasteiger partial charge < -0.3 is 0 Å². The summed E-state index contributed by atoms with van der Waals surface area (Å²) in [6.07, 6.45) is 1.05. The number of halogens is 1. The second-order valence-corrected chi connectivity index (χ2v) is 4.01. The van der Waals surface area contributed by atoms with Gasteiger partial charge >= 0.3 is 0 Å². The van der Waals surface area contributed by atoms with Crippen LogP contribution in [0.4, 0.5) is 0 Å². The number of benzene rings is 1. The fourth-order valence-corrected chi connectivity index (χ4v) is 1.70. The van der Waals surface area contributed by atoms with E-state index in [0.717, 1.165) is 22.3 Å². The number of hydrogen-bond acceptors (Lipinski definition) is 1. The van der Waals surface area contributed by atoms with Crippen LogP contribution in [0.25, 0.3) is 11.3 Å². The van der Waals surface area contributed by atoms with E-state index in [1.54, 1.807) is 0 Å². The van der Waals surface area contributed by atoms with E-state index in [1.807, 2.05) is 6.07 Å². The van der Waals surface area contributed by atoms with E-state index >= 15 is 0 Å². The van der Waals surface area contributed by atoms with Crippen LogP contribution in [0.1, 0.15) is 12.5 Å². The Morgan fingerprint density at radius 1 is 1.36 bits per heavy atom. The molecule has 2 nitrogen and oxygen atoms in total. The van der Waals surface area contributed by atoms with Crippen LogP contribution < -0.4 is 0 Å². The quantitative estimate of drug-likeness (QED) is 0.870. The average molecular weight is 251 g/mol. The Morgan fingerprint density at radius 2 is 2.21 bits per heavy atom. The first-order valence-corrected chi connectivity index (χ1v) is 5.39. The summed E-state index contributed by atoms with van der Waals surface area (Å²) in [4.78, 5) is 0. The SMILES string of the molecule is CCc1cccc(-c2cc(Br)[nH]n2)c1. The van der Waals surface area contributed by atoms with Gasteiger partial charge in [0.05, 0.1) is 5.69 Å². The van der Waals surface area contributed by atoms with Crippen LogP contribution in [-0.2, 0) is 6.42 Å². The number of H-pyrrole nitrogens is 1. The lowest BCUT2D eigenvalue weighted by atomic mass is 10.1. The Bertz CT molecular complexity index is 434. The summed E-state index contributed by atoms with van der Waals surface area (Å²) in [7, 11) is 0. The number of aromatic nitrogens is 2. The maximum absolute atomic E-state index is 4.19. The fourth-order valence-electron chi connectivity index (χ4n) is 1.40. The van der Waals surface area contributed by atoms with Crippen molar-refractivity contribution in [1.82, 2.24) is 10.2 Å². The molecule has 0 aliphatic heterocycles. The van der Waals surface area contributed by atoms with Crippen molar-refractivity contribution in [2.45, 2.75) is 13.3 Å². The minimum Gasteiger partial charge on any atom is -0.271 e. The Balaban J connectivity index is 2.41. The van der Waals surface area contributed by atoms with Crippen LogP contribution in [0, 0.1) is 0 Å². The van der Waals surface area contributed by atoms with E-state index in [1.165, 1.54) is 5.56 Å². The Labute approximate surface area is 91.5 Å². The maximum atomic E-state index is 4.19. The van der Waals surface area contributed by atoms with Crippen molar-refractivity contribution in [3.63, 3.8) is 0 Å². The first-order chi connectivity index (χ1) is 6.79. The summed E-state index contributed by atoms with van der Waals surface area (Å²) >= 11 is 3.35. The lowest BCUT2D eigenvalue weighted by Crippen LogP contribution is -1.82. The van der Waals surface area contributed by atoms with E-state index in [2.05, 4.69) is 57.3 Å². The Hall–Kier alpha value is -1.09. The van der Waals surface area contributed by atoms with E-state index in [4.69, 9.17) is 0 Å². The molecule has 0 saturated carbocycles. The Morgan fingerprint density at radius 3 is 2.86 bits per heavy atom. The van der Waals surface area contributed by atoms with Crippen molar-refractivity contribution >= 4 is 15.9 Å². The molecule has 0 spiro atoms. The summed E-state index contributed by atoms with van der Waals surface area (Å²) in [5.74, 6) is 0. The number of rotatable bonds is 2. The van der Waals surface area contributed by atoms with Gasteiger partial charge in [0.2, 0.25) is 0 Å². The summed E-state index contributed by atoms with van der Waals surface area (Å²) in [6.45, 7) is 2.15. The zero-order chi connectivity index (χ0) is 9.97. The molecule has 0 fully saturated rings. The number of aromatic amines is 1. The van der Waals surface area contributed by atoms with E-state index < -0.39 is 0 Å². The predicted molar refractivity (Wildman–Crippen MR) is 61.1 cm³/mol. The molecule has 3 heteroatoms. The fraction of sp³-hybridized carbons (Fsp3) is 0.182. The Kier molecular flexibility index (Phi) is 2.68. The molecule has 0 bridgehead atoms. The number of hydrogen-bond donors (Lipinski definition) is 1. The van der Waals surface area contributed by atoms with Crippen LogP contribution in [0.2, 0.25) is 0 Å². The van der Waals surface area contributed by atoms with E-state index in [-0.39, 0.29) is 0 Å². The lowest BCUT2D eigenvalue weighted by molar-refractivity contribution is 1.07. The van der Waals surface area contributed by atoms with Gasteiger partial charge in [-0.25, -0.2) is 0 Å². The molecule has 1 N–H and O–H groups in total. The minimum absolute atomic E-state index is 0.911. The van der Waals surface area contributed by atoms with Crippen LogP contribution in [0.3, 0.4) is 0 Å². The van der Waals surface area contributed by atoms with Crippen molar-refractivity contribution in [2.75, 3.05) is 0 Å². The molecule has 2 aromatic rings. The average Bonchev–Trinajstić information content (AvgIpc) is 2.65. The first-order valence-electron chi connectivity index (χ1n) is 4.60. The number of aryl methyl sites for hydroxylation is 1. The highest BCUT2D eigenvalue weighted by Crippen LogP contribution is 2.20. The molecule has 0 amide bonds. The van der Waals surface area contributed by atoms with Crippen molar-refractivity contribution in [2.24, 2.45) is 0 Å². The topological polar surface area (TPSA) is 28.7 Å². The van der Waals surface area contributed by atoms with E-state index in [9.17, 15) is 0 Å². The van der Waals surface area contributed by atoms with E-state index in [0.29, 0.717) is 0 Å². The largest absolute Gasteiger partial charge is 0.271 e. The third-order valence-corrected chi connectivity index (χ3v) is 2.58. The van der Waals surface area contributed by atoms with Gasteiger partial charge in [-0.1, -0.05) is 25.1 Å². The van der Waals surface area contributed by atoms with Gasteiger partial charge in [-0.2, -0.15) is 5.10 Å². The highest BCUT2D eigenvalue weighted by molar-refractivity contribution is 9.10.